The van der Waals surface area contributed by atoms with Gasteiger partial charge in [0.2, 0.25) is 17.6 Å². The topological polar surface area (TPSA) is 136 Å². The van der Waals surface area contributed by atoms with Gasteiger partial charge in [-0.05, 0) is 37.3 Å². The van der Waals surface area contributed by atoms with Crippen molar-refractivity contribution in [2.75, 3.05) is 19.8 Å². The first-order valence-electron chi connectivity index (χ1n) is 12.3. The van der Waals surface area contributed by atoms with Gasteiger partial charge in [-0.25, -0.2) is 9.78 Å². The second kappa shape index (κ2) is 11.8. The van der Waals surface area contributed by atoms with Crippen LogP contribution in [0, 0.1) is 11.8 Å². The maximum absolute atomic E-state index is 13.5. The number of aromatic nitrogens is 1. The fraction of sp³-hybridized carbons (Fsp3) is 0.560. The van der Waals surface area contributed by atoms with E-state index in [0.717, 1.165) is 4.70 Å². The lowest BCUT2D eigenvalue weighted by atomic mass is 9.95. The van der Waals surface area contributed by atoms with E-state index in [1.54, 1.807) is 0 Å². The number of fused-ring (bicyclic) bond motifs is 1. The fourth-order valence-corrected chi connectivity index (χ4v) is 5.38. The number of carbonyl (C=O) groups is 4. The Balaban J connectivity index is 1.50. The number of alkyl carbamates (subject to hydrolysis) is 1. The third-order valence-corrected chi connectivity index (χ3v) is 7.35. The number of ether oxygens (including phenoxy) is 2. The number of thiazole rings is 1. The molecule has 2 aromatic rings. The molecule has 2 saturated heterocycles. The Hall–Kier alpha value is -3.05. The maximum atomic E-state index is 13.5. The van der Waals surface area contributed by atoms with Crippen LogP contribution in [0.4, 0.5) is 4.79 Å². The molecule has 0 unspecified atom stereocenters. The van der Waals surface area contributed by atoms with Crippen molar-refractivity contribution in [3.8, 4) is 0 Å². The molecule has 3 heterocycles. The molecule has 36 heavy (non-hydrogen) atoms. The molecule has 2 fully saturated rings. The van der Waals surface area contributed by atoms with Crippen molar-refractivity contribution >= 4 is 45.2 Å². The molecule has 0 aliphatic carbocycles. The number of benzene rings is 1. The van der Waals surface area contributed by atoms with Crippen LogP contribution in [0.1, 0.15) is 49.3 Å². The molecule has 11 heteroatoms. The van der Waals surface area contributed by atoms with Crippen LogP contribution < -0.4 is 16.0 Å². The van der Waals surface area contributed by atoms with Crippen molar-refractivity contribution in [2.24, 2.45) is 11.8 Å². The summed E-state index contributed by atoms with van der Waals surface area (Å²) in [5, 5.41) is 8.52. The van der Waals surface area contributed by atoms with Gasteiger partial charge in [-0.1, -0.05) is 26.0 Å². The van der Waals surface area contributed by atoms with E-state index < -0.39 is 30.0 Å². The molecule has 1 aromatic heterocycles. The van der Waals surface area contributed by atoms with Crippen LogP contribution in [0.2, 0.25) is 0 Å². The SMILES string of the molecule is CC(C)C[C@H](NC(=O)O[C@@H]1CCOC1)C(=O)N[C@@H](C[C@@H]1CCNC1=O)C(=O)c1nc2ccccc2s1. The number of Topliss-reactive ketones (excluding diaryl/α,β-unsaturated/α-hetero) is 1. The van der Waals surface area contributed by atoms with Crippen LogP contribution in [0.5, 0.6) is 0 Å². The first-order chi connectivity index (χ1) is 17.3. The molecule has 1 aromatic carbocycles. The quantitative estimate of drug-likeness (QED) is 0.413. The largest absolute Gasteiger partial charge is 0.444 e. The fourth-order valence-electron chi connectivity index (χ4n) is 4.42. The summed E-state index contributed by atoms with van der Waals surface area (Å²) >= 11 is 1.25. The molecule has 0 saturated carbocycles. The zero-order chi connectivity index (χ0) is 25.7. The molecule has 2 aliphatic rings. The minimum atomic E-state index is -0.956. The Kier molecular flexibility index (Phi) is 8.52. The highest BCUT2D eigenvalue weighted by Gasteiger charge is 2.35. The van der Waals surface area contributed by atoms with E-state index in [1.807, 2.05) is 38.1 Å². The summed E-state index contributed by atoms with van der Waals surface area (Å²) in [7, 11) is 0. The van der Waals surface area contributed by atoms with Crippen LogP contribution >= 0.6 is 11.3 Å². The first-order valence-corrected chi connectivity index (χ1v) is 13.1. The van der Waals surface area contributed by atoms with Crippen LogP contribution in [-0.4, -0.2) is 66.6 Å². The third-order valence-electron chi connectivity index (χ3n) is 6.30. The molecule has 194 valence electrons. The van der Waals surface area contributed by atoms with Crippen molar-refractivity contribution in [3.05, 3.63) is 29.3 Å². The van der Waals surface area contributed by atoms with E-state index in [0.29, 0.717) is 44.5 Å². The van der Waals surface area contributed by atoms with Gasteiger partial charge in [-0.3, -0.25) is 14.4 Å². The Morgan fingerprint density at radius 3 is 2.67 bits per heavy atom. The van der Waals surface area contributed by atoms with Crippen LogP contribution in [0.25, 0.3) is 10.2 Å². The number of nitrogens with zero attached hydrogens (tertiary/aromatic N) is 1. The third kappa shape index (κ3) is 6.58. The van der Waals surface area contributed by atoms with Gasteiger partial charge < -0.3 is 25.4 Å². The highest BCUT2D eigenvalue weighted by Crippen LogP contribution is 2.25. The highest BCUT2D eigenvalue weighted by molar-refractivity contribution is 7.20. The predicted octanol–water partition coefficient (Wildman–Crippen LogP) is 2.42. The molecule has 3 amide bonds. The molecule has 3 N–H and O–H groups in total. The van der Waals surface area contributed by atoms with Gasteiger partial charge >= 0.3 is 6.09 Å². The van der Waals surface area contributed by atoms with E-state index in [-0.39, 0.29) is 35.1 Å². The molecule has 4 atom stereocenters. The number of nitrogens with one attached hydrogen (secondary N) is 3. The van der Waals surface area contributed by atoms with E-state index in [2.05, 4.69) is 20.9 Å². The van der Waals surface area contributed by atoms with Gasteiger partial charge in [0.15, 0.2) is 5.01 Å². The zero-order valence-electron chi connectivity index (χ0n) is 20.5. The molecular formula is C25H32N4O6S. The molecule has 10 nitrogen and oxygen atoms in total. The summed E-state index contributed by atoms with van der Waals surface area (Å²) < 4.78 is 11.5. The Bertz CT molecular complexity index is 1080. The monoisotopic (exact) mass is 516 g/mol. The van der Waals surface area contributed by atoms with Gasteiger partial charge in [0.25, 0.3) is 0 Å². The average Bonchev–Trinajstić information content (AvgIpc) is 3.59. The van der Waals surface area contributed by atoms with Gasteiger partial charge in [-0.2, -0.15) is 0 Å². The van der Waals surface area contributed by atoms with E-state index in [9.17, 15) is 19.2 Å². The Morgan fingerprint density at radius 1 is 1.19 bits per heavy atom. The Morgan fingerprint density at radius 2 is 2.00 bits per heavy atom. The van der Waals surface area contributed by atoms with E-state index in [4.69, 9.17) is 9.47 Å². The number of hydrogen-bond acceptors (Lipinski definition) is 8. The maximum Gasteiger partial charge on any atom is 0.408 e. The predicted molar refractivity (Wildman–Crippen MR) is 134 cm³/mol. The summed E-state index contributed by atoms with van der Waals surface area (Å²) in [5.41, 5.74) is 0.701. The Labute approximate surface area is 213 Å². The molecule has 0 radical (unpaired) electrons. The summed E-state index contributed by atoms with van der Waals surface area (Å²) in [5.74, 6) is -1.28. The van der Waals surface area contributed by atoms with Crippen molar-refractivity contribution in [3.63, 3.8) is 0 Å². The van der Waals surface area contributed by atoms with Gasteiger partial charge in [-0.15, -0.1) is 11.3 Å². The zero-order valence-corrected chi connectivity index (χ0v) is 21.3. The van der Waals surface area contributed by atoms with E-state index in [1.165, 1.54) is 11.3 Å². The summed E-state index contributed by atoms with van der Waals surface area (Å²) in [6, 6.07) is 5.56. The van der Waals surface area contributed by atoms with Crippen LogP contribution in [0.3, 0.4) is 0 Å². The second-order valence-corrected chi connectivity index (χ2v) is 10.7. The molecule has 0 spiro atoms. The highest BCUT2D eigenvalue weighted by atomic mass is 32.1. The standard InChI is InChI=1S/C25H32N4O6S/c1-14(2)11-19(29-25(33)35-16-8-10-34-13-16)23(32)27-18(12-15-7-9-26-22(15)31)21(30)24-28-17-5-3-4-6-20(17)36-24/h3-6,14-16,18-19H,7-13H2,1-2H3,(H,26,31)(H,27,32)(H,29,33)/t15-,16+,18-,19-/m0/s1. The van der Waals surface area contributed by atoms with Crippen molar-refractivity contribution in [1.29, 1.82) is 0 Å². The summed E-state index contributed by atoms with van der Waals surface area (Å²) in [6.07, 6.45) is 0.661. The molecule has 2 aliphatic heterocycles. The van der Waals surface area contributed by atoms with Crippen molar-refractivity contribution in [1.82, 2.24) is 20.9 Å². The lowest BCUT2D eigenvalue weighted by Gasteiger charge is -2.25. The number of rotatable bonds is 10. The lowest BCUT2D eigenvalue weighted by molar-refractivity contribution is -0.125. The normalized spacial score (nSPS) is 21.2. The minimum absolute atomic E-state index is 0.0925. The molecular weight excluding hydrogens is 484 g/mol. The summed E-state index contributed by atoms with van der Waals surface area (Å²) in [4.78, 5) is 56.0. The van der Waals surface area contributed by atoms with E-state index >= 15 is 0 Å². The van der Waals surface area contributed by atoms with Crippen molar-refractivity contribution < 1.29 is 28.7 Å². The number of para-hydroxylation sites is 1. The molecule has 4 rings (SSSR count). The second-order valence-electron chi connectivity index (χ2n) is 9.64. The average molecular weight is 517 g/mol. The number of amides is 3. The number of hydrogen-bond donors (Lipinski definition) is 3. The van der Waals surface area contributed by atoms with Gasteiger partial charge in [0.1, 0.15) is 12.1 Å². The van der Waals surface area contributed by atoms with Crippen molar-refractivity contribution in [2.45, 2.75) is 57.7 Å². The minimum Gasteiger partial charge on any atom is -0.444 e. The number of ketones is 1. The van der Waals surface area contributed by atoms with Crippen LogP contribution in [-0.2, 0) is 19.1 Å². The molecule has 0 bridgehead atoms. The first kappa shape index (κ1) is 26.0. The van der Waals surface area contributed by atoms with Crippen LogP contribution in [0.15, 0.2) is 24.3 Å². The summed E-state index contributed by atoms with van der Waals surface area (Å²) in [6.45, 7) is 5.26. The van der Waals surface area contributed by atoms with Gasteiger partial charge in [0, 0.05) is 18.9 Å². The number of carbonyl (C=O) groups excluding carboxylic acids is 4. The smallest absolute Gasteiger partial charge is 0.408 e. The lowest BCUT2D eigenvalue weighted by Crippen LogP contribution is -2.53. The van der Waals surface area contributed by atoms with Gasteiger partial charge in [0.05, 0.1) is 29.5 Å².